The second kappa shape index (κ2) is 6.75. The molecule has 0 radical (unpaired) electrons. The zero-order valence-corrected chi connectivity index (χ0v) is 12.7. The van der Waals surface area contributed by atoms with Gasteiger partial charge < -0.3 is 15.1 Å². The van der Waals surface area contributed by atoms with Crippen LogP contribution in [0, 0.1) is 0 Å². The maximum atomic E-state index is 12.2. The largest absolute Gasteiger partial charge is 0.378 e. The highest BCUT2D eigenvalue weighted by Crippen LogP contribution is 2.13. The normalized spacial score (nSPS) is 16.2. The summed E-state index contributed by atoms with van der Waals surface area (Å²) in [5.41, 5.74) is 2.40. The van der Waals surface area contributed by atoms with Crippen LogP contribution in [-0.2, 0) is 11.3 Å². The smallest absolute Gasteiger partial charge is 0.239 e. The topological polar surface area (TPSA) is 35.6 Å². The number of carbonyl (C=O) groups excluding carboxylic acids is 1. The van der Waals surface area contributed by atoms with Crippen molar-refractivity contribution in [3.63, 3.8) is 0 Å². The highest BCUT2D eigenvalue weighted by molar-refractivity contribution is 5.81. The van der Waals surface area contributed by atoms with Crippen LogP contribution < -0.4 is 10.2 Å². The second-order valence-electron chi connectivity index (χ2n) is 5.70. The lowest BCUT2D eigenvalue weighted by molar-refractivity contribution is -0.131. The lowest BCUT2D eigenvalue weighted by Gasteiger charge is -2.21. The molecule has 4 nitrogen and oxygen atoms in total. The Morgan fingerprint density at radius 3 is 2.40 bits per heavy atom. The van der Waals surface area contributed by atoms with Gasteiger partial charge in [0.25, 0.3) is 0 Å². The van der Waals surface area contributed by atoms with E-state index in [9.17, 15) is 4.79 Å². The maximum Gasteiger partial charge on any atom is 0.239 e. The van der Waals surface area contributed by atoms with Gasteiger partial charge in [0.1, 0.15) is 0 Å². The first kappa shape index (κ1) is 14.9. The lowest BCUT2D eigenvalue weighted by atomic mass is 10.2. The zero-order chi connectivity index (χ0) is 14.5. The number of amides is 1. The van der Waals surface area contributed by atoms with Gasteiger partial charge in [0.05, 0.1) is 6.04 Å². The van der Waals surface area contributed by atoms with Crippen molar-refractivity contribution in [1.82, 2.24) is 10.2 Å². The fourth-order valence-electron chi connectivity index (χ4n) is 2.48. The van der Waals surface area contributed by atoms with Crippen LogP contribution in [0.5, 0.6) is 0 Å². The second-order valence-corrected chi connectivity index (χ2v) is 5.70. The number of nitrogens with one attached hydrogen (secondary N) is 1. The molecule has 0 aliphatic carbocycles. The molecule has 1 aliphatic rings. The number of carbonyl (C=O) groups is 1. The molecule has 4 heteroatoms. The number of anilines is 1. The standard InChI is InChI=1S/C16H25N3O/c1-13(16(20)19-10-4-5-11-19)17-12-14-6-8-15(9-7-14)18(2)3/h6-9,13,17H,4-5,10-12H2,1-3H3. The Hall–Kier alpha value is -1.55. The van der Waals surface area contributed by atoms with Crippen LogP contribution in [0.4, 0.5) is 5.69 Å². The van der Waals surface area contributed by atoms with E-state index in [2.05, 4.69) is 34.5 Å². The van der Waals surface area contributed by atoms with Crippen LogP contribution in [0.25, 0.3) is 0 Å². The number of hydrogen-bond donors (Lipinski definition) is 1. The fraction of sp³-hybridized carbons (Fsp3) is 0.562. The molecular formula is C16H25N3O. The van der Waals surface area contributed by atoms with E-state index in [1.165, 1.54) is 11.3 Å². The molecule has 1 amide bonds. The molecule has 1 heterocycles. The van der Waals surface area contributed by atoms with Crippen molar-refractivity contribution < 1.29 is 4.79 Å². The summed E-state index contributed by atoms with van der Waals surface area (Å²) < 4.78 is 0. The predicted octanol–water partition coefficient (Wildman–Crippen LogP) is 1.85. The number of hydrogen-bond acceptors (Lipinski definition) is 3. The van der Waals surface area contributed by atoms with Crippen LogP contribution >= 0.6 is 0 Å². The van der Waals surface area contributed by atoms with E-state index in [1.807, 2.05) is 25.9 Å². The third-order valence-electron chi connectivity index (χ3n) is 3.85. The molecule has 1 aliphatic heterocycles. The predicted molar refractivity (Wildman–Crippen MR) is 82.9 cm³/mol. The summed E-state index contributed by atoms with van der Waals surface area (Å²) in [6.45, 7) is 4.52. The number of nitrogens with zero attached hydrogens (tertiary/aromatic N) is 2. The van der Waals surface area contributed by atoms with E-state index in [1.54, 1.807) is 0 Å². The third-order valence-corrected chi connectivity index (χ3v) is 3.85. The van der Waals surface area contributed by atoms with Crippen LogP contribution in [0.2, 0.25) is 0 Å². The molecule has 0 bridgehead atoms. The van der Waals surface area contributed by atoms with Gasteiger partial charge in [0, 0.05) is 39.4 Å². The van der Waals surface area contributed by atoms with Crippen molar-refractivity contribution in [2.24, 2.45) is 0 Å². The van der Waals surface area contributed by atoms with Crippen LogP contribution in [0.3, 0.4) is 0 Å². The molecule has 20 heavy (non-hydrogen) atoms. The summed E-state index contributed by atoms with van der Waals surface area (Å²) in [6.07, 6.45) is 2.29. The molecule has 1 N–H and O–H groups in total. The Kier molecular flexibility index (Phi) is 5.01. The third kappa shape index (κ3) is 3.73. The molecule has 0 saturated carbocycles. The Balaban J connectivity index is 1.83. The Morgan fingerprint density at radius 2 is 1.85 bits per heavy atom. The summed E-state index contributed by atoms with van der Waals surface area (Å²) in [5.74, 6) is 0.229. The first-order valence-corrected chi connectivity index (χ1v) is 7.36. The molecule has 1 fully saturated rings. The summed E-state index contributed by atoms with van der Waals surface area (Å²) in [7, 11) is 4.06. The molecule has 1 saturated heterocycles. The van der Waals surface area contributed by atoms with Crippen molar-refractivity contribution in [2.75, 3.05) is 32.1 Å². The lowest BCUT2D eigenvalue weighted by Crippen LogP contribution is -2.43. The van der Waals surface area contributed by atoms with Gasteiger partial charge in [-0.2, -0.15) is 0 Å². The fourth-order valence-corrected chi connectivity index (χ4v) is 2.48. The summed E-state index contributed by atoms with van der Waals surface area (Å²) in [4.78, 5) is 16.2. The summed E-state index contributed by atoms with van der Waals surface area (Å²) >= 11 is 0. The van der Waals surface area contributed by atoms with Gasteiger partial charge in [-0.1, -0.05) is 12.1 Å². The van der Waals surface area contributed by atoms with Gasteiger partial charge in [-0.05, 0) is 37.5 Å². The molecule has 0 aromatic heterocycles. The molecule has 1 aromatic rings. The summed E-state index contributed by atoms with van der Waals surface area (Å²) in [6, 6.07) is 8.31. The molecule has 0 spiro atoms. The molecule has 1 atom stereocenters. The average molecular weight is 275 g/mol. The molecule has 2 rings (SSSR count). The number of benzene rings is 1. The van der Waals surface area contributed by atoms with Crippen molar-refractivity contribution in [3.8, 4) is 0 Å². The van der Waals surface area contributed by atoms with Gasteiger partial charge in [-0.3, -0.25) is 4.79 Å². The van der Waals surface area contributed by atoms with E-state index in [4.69, 9.17) is 0 Å². The van der Waals surface area contributed by atoms with E-state index < -0.39 is 0 Å². The highest BCUT2D eigenvalue weighted by atomic mass is 16.2. The van der Waals surface area contributed by atoms with Crippen molar-refractivity contribution >= 4 is 11.6 Å². The minimum Gasteiger partial charge on any atom is -0.378 e. The maximum absolute atomic E-state index is 12.2. The van der Waals surface area contributed by atoms with E-state index in [0.29, 0.717) is 0 Å². The molecule has 110 valence electrons. The van der Waals surface area contributed by atoms with E-state index in [-0.39, 0.29) is 11.9 Å². The van der Waals surface area contributed by atoms with Gasteiger partial charge in [0.15, 0.2) is 0 Å². The van der Waals surface area contributed by atoms with Crippen molar-refractivity contribution in [3.05, 3.63) is 29.8 Å². The molecule has 1 aromatic carbocycles. The molecule has 1 unspecified atom stereocenters. The zero-order valence-electron chi connectivity index (χ0n) is 12.7. The Bertz CT molecular complexity index is 436. The summed E-state index contributed by atoms with van der Waals surface area (Å²) in [5, 5.41) is 3.32. The van der Waals surface area contributed by atoms with E-state index in [0.717, 1.165) is 32.5 Å². The van der Waals surface area contributed by atoms with Crippen LogP contribution in [-0.4, -0.2) is 44.0 Å². The van der Waals surface area contributed by atoms with Gasteiger partial charge in [-0.25, -0.2) is 0 Å². The first-order valence-electron chi connectivity index (χ1n) is 7.36. The van der Waals surface area contributed by atoms with Gasteiger partial charge in [-0.15, -0.1) is 0 Å². The van der Waals surface area contributed by atoms with Crippen molar-refractivity contribution in [1.29, 1.82) is 0 Å². The minimum atomic E-state index is -0.110. The minimum absolute atomic E-state index is 0.110. The Labute approximate surface area is 121 Å². The van der Waals surface area contributed by atoms with Gasteiger partial charge >= 0.3 is 0 Å². The quantitative estimate of drug-likeness (QED) is 0.891. The molecular weight excluding hydrogens is 250 g/mol. The average Bonchev–Trinajstić information content (AvgIpc) is 2.98. The van der Waals surface area contributed by atoms with Crippen LogP contribution in [0.1, 0.15) is 25.3 Å². The highest BCUT2D eigenvalue weighted by Gasteiger charge is 2.22. The number of rotatable bonds is 5. The van der Waals surface area contributed by atoms with Gasteiger partial charge in [0.2, 0.25) is 5.91 Å². The first-order chi connectivity index (χ1) is 9.58. The number of likely N-dealkylation sites (tertiary alicyclic amines) is 1. The Morgan fingerprint density at radius 1 is 1.25 bits per heavy atom. The van der Waals surface area contributed by atoms with Crippen LogP contribution in [0.15, 0.2) is 24.3 Å². The SMILES string of the molecule is CC(NCc1ccc(N(C)C)cc1)C(=O)N1CCCC1. The van der Waals surface area contributed by atoms with Crippen molar-refractivity contribution in [2.45, 2.75) is 32.4 Å². The monoisotopic (exact) mass is 275 g/mol. The van der Waals surface area contributed by atoms with E-state index >= 15 is 0 Å².